The van der Waals surface area contributed by atoms with Crippen molar-refractivity contribution in [1.29, 1.82) is 0 Å². The molecule has 2 fully saturated rings. The Labute approximate surface area is 142 Å². The fourth-order valence-corrected chi connectivity index (χ4v) is 3.40. The van der Waals surface area contributed by atoms with E-state index in [2.05, 4.69) is 5.32 Å². The number of aromatic carboxylic acids is 1. The van der Waals surface area contributed by atoms with E-state index in [9.17, 15) is 24.2 Å². The molecular weight excluding hydrogens is 329 g/mol. The molecule has 132 valence electrons. The third-order valence-corrected chi connectivity index (χ3v) is 4.87. The molecule has 2 heterocycles. The van der Waals surface area contributed by atoms with Gasteiger partial charge in [0, 0.05) is 37.8 Å². The first kappa shape index (κ1) is 16.0. The van der Waals surface area contributed by atoms with Crippen LogP contribution in [0.2, 0.25) is 0 Å². The molecule has 0 radical (unpaired) electrons. The van der Waals surface area contributed by atoms with Crippen LogP contribution in [0.3, 0.4) is 0 Å². The number of aliphatic hydroxyl groups excluding tert-OH is 1. The third-order valence-electron chi connectivity index (χ3n) is 4.87. The Bertz CT molecular complexity index is 920. The molecule has 25 heavy (non-hydrogen) atoms. The Morgan fingerprint density at radius 3 is 2.56 bits per heavy atom. The van der Waals surface area contributed by atoms with Crippen LogP contribution >= 0.6 is 0 Å². The predicted molar refractivity (Wildman–Crippen MR) is 89.9 cm³/mol. The lowest BCUT2D eigenvalue weighted by molar-refractivity contribution is 0.0694. The quantitative estimate of drug-likeness (QED) is 0.751. The van der Waals surface area contributed by atoms with E-state index >= 15 is 0 Å². The Hall–Kier alpha value is -2.45. The lowest BCUT2D eigenvalue weighted by Crippen LogP contribution is -2.43. The number of carboxylic acid groups (broad SMARTS) is 1. The highest BCUT2D eigenvalue weighted by Crippen LogP contribution is 2.38. The number of piperazine rings is 1. The number of hydrogen-bond acceptors (Lipinski definition) is 5. The van der Waals surface area contributed by atoms with Crippen LogP contribution in [0.1, 0.15) is 22.8 Å². The number of aromatic nitrogens is 1. The summed E-state index contributed by atoms with van der Waals surface area (Å²) in [6.07, 6.45) is 1.16. The van der Waals surface area contributed by atoms with Crippen LogP contribution in [-0.4, -0.2) is 53.0 Å². The van der Waals surface area contributed by atoms with Crippen molar-refractivity contribution in [2.24, 2.45) is 0 Å². The van der Waals surface area contributed by atoms with Gasteiger partial charge < -0.3 is 25.0 Å². The number of nitrogens with one attached hydrogen (secondary N) is 1. The number of benzene rings is 1. The molecule has 2 unspecified atom stereocenters. The van der Waals surface area contributed by atoms with Crippen molar-refractivity contribution in [2.45, 2.75) is 18.6 Å². The maximum Gasteiger partial charge on any atom is 0.341 e. The molecular formula is C17H18FN3O4. The molecule has 8 heteroatoms. The van der Waals surface area contributed by atoms with Gasteiger partial charge in [0.15, 0.2) is 0 Å². The smallest absolute Gasteiger partial charge is 0.341 e. The number of carbonyl (C=O) groups is 1. The van der Waals surface area contributed by atoms with Gasteiger partial charge in [0.25, 0.3) is 0 Å². The minimum absolute atomic E-state index is 0.0235. The number of fused-ring (bicyclic) bond motifs is 1. The molecule has 0 spiro atoms. The van der Waals surface area contributed by atoms with E-state index in [0.717, 1.165) is 19.2 Å². The minimum atomic E-state index is -1.36. The van der Waals surface area contributed by atoms with Gasteiger partial charge >= 0.3 is 5.97 Å². The van der Waals surface area contributed by atoms with Gasteiger partial charge in [0.1, 0.15) is 11.4 Å². The van der Waals surface area contributed by atoms with Crippen LogP contribution < -0.4 is 15.6 Å². The van der Waals surface area contributed by atoms with Crippen molar-refractivity contribution in [3.63, 3.8) is 0 Å². The monoisotopic (exact) mass is 347 g/mol. The van der Waals surface area contributed by atoms with E-state index in [1.807, 2.05) is 4.90 Å². The summed E-state index contributed by atoms with van der Waals surface area (Å²) in [4.78, 5) is 25.7. The molecule has 1 saturated carbocycles. The fourth-order valence-electron chi connectivity index (χ4n) is 3.40. The second kappa shape index (κ2) is 5.82. The Balaban J connectivity index is 1.95. The van der Waals surface area contributed by atoms with Gasteiger partial charge in [0.05, 0.1) is 23.3 Å². The molecule has 0 bridgehead atoms. The third kappa shape index (κ3) is 2.67. The summed E-state index contributed by atoms with van der Waals surface area (Å²) in [5.41, 5.74) is -0.285. The maximum atomic E-state index is 14.6. The van der Waals surface area contributed by atoms with Gasteiger partial charge in [0.2, 0.25) is 5.43 Å². The topological polar surface area (TPSA) is 94.8 Å². The zero-order valence-corrected chi connectivity index (χ0v) is 13.4. The van der Waals surface area contributed by atoms with Gasteiger partial charge in [-0.3, -0.25) is 4.79 Å². The lowest BCUT2D eigenvalue weighted by atomic mass is 10.1. The van der Waals surface area contributed by atoms with Gasteiger partial charge in [-0.05, 0) is 18.6 Å². The number of hydrogen-bond donors (Lipinski definition) is 3. The number of rotatable bonds is 3. The normalized spacial score (nSPS) is 23.0. The number of pyridine rings is 1. The predicted octanol–water partition coefficient (Wildman–Crippen LogP) is 0.554. The first-order valence-corrected chi connectivity index (χ1v) is 8.23. The fraction of sp³-hybridized carbons (Fsp3) is 0.412. The second-order valence-electron chi connectivity index (χ2n) is 6.51. The SMILES string of the molecule is O=C(O)c1cn(C2CC2O)c2cc(N3CCNCC3)c(F)cc2c1=O. The van der Waals surface area contributed by atoms with Crippen molar-refractivity contribution in [1.82, 2.24) is 9.88 Å². The standard InChI is InChI=1S/C17H18FN3O4/c18-11-5-9-12(6-13(11)20-3-1-19-2-4-20)21(14-7-15(14)22)8-10(16(9)23)17(24)25/h5-6,8,14-15,19,22H,1-4,7H2,(H,24,25). The zero-order valence-electron chi connectivity index (χ0n) is 13.4. The molecule has 1 aliphatic carbocycles. The van der Waals surface area contributed by atoms with E-state index in [4.69, 9.17) is 0 Å². The number of nitrogens with zero attached hydrogens (tertiary/aromatic N) is 2. The molecule has 0 amide bonds. The van der Waals surface area contributed by atoms with Crippen LogP contribution in [0.5, 0.6) is 0 Å². The first-order valence-electron chi connectivity index (χ1n) is 8.23. The van der Waals surface area contributed by atoms with Crippen LogP contribution in [-0.2, 0) is 0 Å². The summed E-state index contributed by atoms with van der Waals surface area (Å²) in [5.74, 6) is -1.90. The van der Waals surface area contributed by atoms with Crippen molar-refractivity contribution >= 4 is 22.6 Å². The van der Waals surface area contributed by atoms with Gasteiger partial charge in [-0.25, -0.2) is 9.18 Å². The molecule has 2 aliphatic rings. The highest BCUT2D eigenvalue weighted by molar-refractivity contribution is 5.93. The van der Waals surface area contributed by atoms with Crippen LogP contribution in [0.4, 0.5) is 10.1 Å². The van der Waals surface area contributed by atoms with Crippen molar-refractivity contribution < 1.29 is 19.4 Å². The van der Waals surface area contributed by atoms with E-state index in [1.54, 1.807) is 10.6 Å². The zero-order chi connectivity index (χ0) is 17.7. The number of aliphatic hydroxyl groups is 1. The van der Waals surface area contributed by atoms with E-state index in [0.29, 0.717) is 30.7 Å². The molecule has 1 saturated heterocycles. The average Bonchev–Trinajstić information content (AvgIpc) is 3.32. The van der Waals surface area contributed by atoms with Crippen molar-refractivity contribution in [2.75, 3.05) is 31.1 Å². The average molecular weight is 347 g/mol. The van der Waals surface area contributed by atoms with E-state index in [-0.39, 0.29) is 11.4 Å². The summed E-state index contributed by atoms with van der Waals surface area (Å²) >= 11 is 0. The minimum Gasteiger partial charge on any atom is -0.477 e. The highest BCUT2D eigenvalue weighted by atomic mass is 19.1. The molecule has 7 nitrogen and oxygen atoms in total. The first-order chi connectivity index (χ1) is 12.0. The number of halogens is 1. The van der Waals surface area contributed by atoms with Crippen LogP contribution in [0.25, 0.3) is 10.9 Å². The molecule has 1 aromatic carbocycles. The van der Waals surface area contributed by atoms with Gasteiger partial charge in [-0.2, -0.15) is 0 Å². The van der Waals surface area contributed by atoms with Crippen molar-refractivity contribution in [3.05, 3.63) is 39.9 Å². The summed E-state index contributed by atoms with van der Waals surface area (Å²) in [5, 5.41) is 22.3. The highest BCUT2D eigenvalue weighted by Gasteiger charge is 2.38. The molecule has 3 N–H and O–H groups in total. The van der Waals surface area contributed by atoms with E-state index < -0.39 is 28.9 Å². The Morgan fingerprint density at radius 1 is 1.28 bits per heavy atom. The summed E-state index contributed by atoms with van der Waals surface area (Å²) in [6, 6.07) is 2.42. The number of carboxylic acids is 1. The molecule has 2 atom stereocenters. The lowest BCUT2D eigenvalue weighted by Gasteiger charge is -2.30. The summed E-state index contributed by atoms with van der Waals surface area (Å²) in [7, 11) is 0. The van der Waals surface area contributed by atoms with Crippen molar-refractivity contribution in [3.8, 4) is 0 Å². The Kier molecular flexibility index (Phi) is 3.73. The molecule has 2 aromatic rings. The number of anilines is 1. The Morgan fingerprint density at radius 2 is 1.96 bits per heavy atom. The van der Waals surface area contributed by atoms with Crippen LogP contribution in [0, 0.1) is 5.82 Å². The summed E-state index contributed by atoms with van der Waals surface area (Å²) in [6.45, 7) is 2.77. The largest absolute Gasteiger partial charge is 0.477 e. The second-order valence-corrected chi connectivity index (χ2v) is 6.51. The van der Waals surface area contributed by atoms with E-state index in [1.165, 1.54) is 6.20 Å². The molecule has 1 aromatic heterocycles. The van der Waals surface area contributed by atoms with Gasteiger partial charge in [-0.1, -0.05) is 0 Å². The van der Waals surface area contributed by atoms with Gasteiger partial charge in [-0.15, -0.1) is 0 Å². The molecule has 4 rings (SSSR count). The van der Waals surface area contributed by atoms with Crippen LogP contribution in [0.15, 0.2) is 23.1 Å². The maximum absolute atomic E-state index is 14.6. The summed E-state index contributed by atoms with van der Waals surface area (Å²) < 4.78 is 16.2. The molecule has 1 aliphatic heterocycles.